The summed E-state index contributed by atoms with van der Waals surface area (Å²) >= 11 is 7.09. The third-order valence-electron chi connectivity index (χ3n) is 4.42. The Morgan fingerprint density at radius 1 is 1.28 bits per heavy atom. The van der Waals surface area contributed by atoms with E-state index >= 15 is 0 Å². The van der Waals surface area contributed by atoms with Gasteiger partial charge in [-0.15, -0.1) is 10.2 Å². The smallest absolute Gasteiger partial charge is 0.278 e. The maximum Gasteiger partial charge on any atom is 0.278 e. The summed E-state index contributed by atoms with van der Waals surface area (Å²) < 4.78 is 1.32. The van der Waals surface area contributed by atoms with Gasteiger partial charge >= 0.3 is 0 Å². The fourth-order valence-electron chi connectivity index (χ4n) is 2.83. The van der Waals surface area contributed by atoms with Crippen LogP contribution in [-0.2, 0) is 17.9 Å². The van der Waals surface area contributed by atoms with Gasteiger partial charge in [0.05, 0.1) is 25.2 Å². The minimum absolute atomic E-state index is 0.0445. The van der Waals surface area contributed by atoms with E-state index in [1.807, 2.05) is 0 Å². The number of aliphatic hydroxyl groups is 1. The lowest BCUT2D eigenvalue weighted by atomic mass is 10.1. The lowest BCUT2D eigenvalue weighted by Gasteiger charge is -2.23. The third-order valence-corrected chi connectivity index (χ3v) is 5.63. The average Bonchev–Trinajstić information content (AvgIpc) is 3.14. The number of thioether (sulfide) groups is 1. The van der Waals surface area contributed by atoms with Crippen LogP contribution in [0.1, 0.15) is 17.5 Å². The number of aliphatic hydroxyl groups excluding tert-OH is 1. The summed E-state index contributed by atoms with van der Waals surface area (Å²) in [7, 11) is 1.56. The number of rotatable bonds is 5. The number of tetrazole rings is 1. The number of carbonyl (C=O) groups excluding carboxylic acids is 1. The van der Waals surface area contributed by atoms with E-state index in [2.05, 4.69) is 20.4 Å². The summed E-state index contributed by atoms with van der Waals surface area (Å²) in [4.78, 5) is 31.5. The molecule has 1 aromatic carbocycles. The molecule has 0 saturated heterocycles. The Hall–Kier alpha value is -2.76. The van der Waals surface area contributed by atoms with Crippen LogP contribution in [0.4, 0.5) is 5.69 Å². The van der Waals surface area contributed by atoms with Crippen LogP contribution in [0.15, 0.2) is 40.4 Å². The second-order valence-corrected chi connectivity index (χ2v) is 7.80. The molecule has 1 amide bonds. The molecule has 0 unspecified atom stereocenters. The van der Waals surface area contributed by atoms with Crippen molar-refractivity contribution in [2.75, 3.05) is 17.7 Å². The quantitative estimate of drug-likeness (QED) is 0.585. The number of hydrogen-bond donors (Lipinski definition) is 1. The Balaban J connectivity index is 1.50. The Bertz CT molecular complexity index is 1110. The van der Waals surface area contributed by atoms with Gasteiger partial charge in [0, 0.05) is 12.1 Å². The Kier molecular flexibility index (Phi) is 5.35. The molecular weight excluding hydrogens is 418 g/mol. The highest BCUT2D eigenvalue weighted by Gasteiger charge is 2.26. The predicted octanol–water partition coefficient (Wildman–Crippen LogP) is 0.734. The zero-order chi connectivity index (χ0) is 20.5. The van der Waals surface area contributed by atoms with Crippen molar-refractivity contribution in [1.29, 1.82) is 0 Å². The lowest BCUT2D eigenvalue weighted by molar-refractivity contribution is -0.116. The molecule has 150 valence electrons. The molecule has 0 aliphatic carbocycles. The van der Waals surface area contributed by atoms with E-state index in [0.29, 0.717) is 15.6 Å². The van der Waals surface area contributed by atoms with Crippen LogP contribution in [0, 0.1) is 0 Å². The van der Waals surface area contributed by atoms with E-state index in [1.165, 1.54) is 32.4 Å². The fourth-order valence-corrected chi connectivity index (χ4v) is 3.90. The first-order chi connectivity index (χ1) is 13.9. The number of anilines is 1. The van der Waals surface area contributed by atoms with Crippen LogP contribution in [-0.4, -0.2) is 53.6 Å². The summed E-state index contributed by atoms with van der Waals surface area (Å²) in [6.45, 7) is 0.142. The Labute approximate surface area is 174 Å². The predicted molar refractivity (Wildman–Crippen MR) is 106 cm³/mol. The summed E-state index contributed by atoms with van der Waals surface area (Å²) in [6.07, 6.45) is 0.570. The average molecular weight is 434 g/mol. The van der Waals surface area contributed by atoms with Crippen LogP contribution in [0.25, 0.3) is 0 Å². The van der Waals surface area contributed by atoms with Crippen LogP contribution in [0.2, 0.25) is 5.02 Å². The molecule has 29 heavy (non-hydrogen) atoms. The number of fused-ring (bicyclic) bond motifs is 1. The van der Waals surface area contributed by atoms with Gasteiger partial charge in [-0.25, -0.2) is 4.98 Å². The van der Waals surface area contributed by atoms with Gasteiger partial charge in [-0.2, -0.15) is 4.80 Å². The molecule has 0 saturated carbocycles. The zero-order valence-electron chi connectivity index (χ0n) is 15.3. The molecule has 12 heteroatoms. The molecule has 1 atom stereocenters. The van der Waals surface area contributed by atoms with Crippen molar-refractivity contribution < 1.29 is 9.90 Å². The summed E-state index contributed by atoms with van der Waals surface area (Å²) in [5, 5.41) is 23.5. The normalized spacial score (nSPS) is 14.7. The van der Waals surface area contributed by atoms with Crippen LogP contribution >= 0.6 is 23.4 Å². The van der Waals surface area contributed by atoms with Crippen molar-refractivity contribution in [2.24, 2.45) is 0 Å². The topological polar surface area (TPSA) is 119 Å². The fraction of sp³-hybridized carbons (Fsp3) is 0.294. The molecule has 0 fully saturated rings. The summed E-state index contributed by atoms with van der Waals surface area (Å²) in [5.74, 6) is 0.389. The van der Waals surface area contributed by atoms with Crippen molar-refractivity contribution in [1.82, 2.24) is 29.8 Å². The van der Waals surface area contributed by atoms with Gasteiger partial charge in [0.1, 0.15) is 16.8 Å². The van der Waals surface area contributed by atoms with Crippen molar-refractivity contribution in [2.45, 2.75) is 24.2 Å². The van der Waals surface area contributed by atoms with Gasteiger partial charge in [0.15, 0.2) is 5.82 Å². The van der Waals surface area contributed by atoms with Gasteiger partial charge in [0.2, 0.25) is 5.91 Å². The van der Waals surface area contributed by atoms with Crippen LogP contribution < -0.4 is 10.5 Å². The number of hydrogen-bond acceptors (Lipinski definition) is 8. The van der Waals surface area contributed by atoms with Gasteiger partial charge in [-0.05, 0) is 22.9 Å². The molecule has 1 aliphatic rings. The molecule has 10 nitrogen and oxygen atoms in total. The SMILES string of the molecule is CN1C(=O)CSc2ncn(Cc3nnn(C[C@H](O)c4ccc(Cl)cc4)n3)c(=O)c21. The Morgan fingerprint density at radius 3 is 2.79 bits per heavy atom. The van der Waals surface area contributed by atoms with Crippen molar-refractivity contribution >= 4 is 35.0 Å². The van der Waals surface area contributed by atoms with Gasteiger partial charge in [-0.3, -0.25) is 14.2 Å². The first-order valence-corrected chi connectivity index (χ1v) is 9.97. The number of carbonyl (C=O) groups is 1. The van der Waals surface area contributed by atoms with E-state index in [0.717, 1.165) is 0 Å². The molecule has 0 spiro atoms. The minimum atomic E-state index is -0.834. The second kappa shape index (κ2) is 7.93. The van der Waals surface area contributed by atoms with E-state index in [1.54, 1.807) is 31.3 Å². The minimum Gasteiger partial charge on any atom is -0.386 e. The number of nitrogens with zero attached hydrogens (tertiary/aromatic N) is 7. The summed E-state index contributed by atoms with van der Waals surface area (Å²) in [6, 6.07) is 6.82. The number of benzene rings is 1. The third kappa shape index (κ3) is 4.02. The summed E-state index contributed by atoms with van der Waals surface area (Å²) in [5.41, 5.74) is 0.573. The maximum absolute atomic E-state index is 12.8. The van der Waals surface area contributed by atoms with Crippen LogP contribution in [0.3, 0.4) is 0 Å². The van der Waals surface area contributed by atoms with E-state index in [4.69, 9.17) is 11.6 Å². The molecule has 1 aliphatic heterocycles. The number of halogens is 1. The van der Waals surface area contributed by atoms with Gasteiger partial charge in [0.25, 0.3) is 5.56 Å². The lowest BCUT2D eigenvalue weighted by Crippen LogP contribution is -2.38. The van der Waals surface area contributed by atoms with E-state index < -0.39 is 6.10 Å². The van der Waals surface area contributed by atoms with E-state index in [9.17, 15) is 14.7 Å². The van der Waals surface area contributed by atoms with Crippen LogP contribution in [0.5, 0.6) is 0 Å². The molecule has 0 bridgehead atoms. The first-order valence-electron chi connectivity index (χ1n) is 8.61. The number of aromatic nitrogens is 6. The molecule has 0 radical (unpaired) electrons. The monoisotopic (exact) mass is 433 g/mol. The molecular formula is C17H16ClN7O3S. The molecule has 1 N–H and O–H groups in total. The van der Waals surface area contributed by atoms with Gasteiger partial charge in [-0.1, -0.05) is 35.5 Å². The molecule has 2 aromatic heterocycles. The highest BCUT2D eigenvalue weighted by atomic mass is 35.5. The highest BCUT2D eigenvalue weighted by molar-refractivity contribution is 8.00. The zero-order valence-corrected chi connectivity index (χ0v) is 16.8. The van der Waals surface area contributed by atoms with E-state index in [-0.39, 0.29) is 41.8 Å². The molecule has 3 aromatic rings. The number of amides is 1. The Morgan fingerprint density at radius 2 is 2.03 bits per heavy atom. The largest absolute Gasteiger partial charge is 0.386 e. The van der Waals surface area contributed by atoms with Crippen molar-refractivity contribution in [3.8, 4) is 0 Å². The maximum atomic E-state index is 12.8. The first kappa shape index (κ1) is 19.6. The molecule has 4 rings (SSSR count). The highest BCUT2D eigenvalue weighted by Crippen LogP contribution is 2.29. The standard InChI is InChI=1S/C17H16ClN7O3S/c1-23-14(27)8-29-16-15(23)17(28)24(9-19-16)7-13-20-22-25(21-13)6-12(26)10-2-4-11(18)5-3-10/h2-5,9,12,26H,6-8H2,1H3/t12-/m0/s1. The van der Waals surface area contributed by atoms with Crippen molar-refractivity contribution in [3.05, 3.63) is 57.4 Å². The van der Waals surface area contributed by atoms with Crippen molar-refractivity contribution in [3.63, 3.8) is 0 Å². The van der Waals surface area contributed by atoms with Gasteiger partial charge < -0.3 is 10.0 Å². The second-order valence-electron chi connectivity index (χ2n) is 6.40. The molecule has 3 heterocycles.